The number of para-hydroxylation sites is 1. The lowest BCUT2D eigenvalue weighted by molar-refractivity contribution is -0.0586. The minimum atomic E-state index is -3.80. The third-order valence-electron chi connectivity index (χ3n) is 4.28. The Hall–Kier alpha value is -1.18. The second-order valence-corrected chi connectivity index (χ2v) is 7.39. The molecule has 1 heterocycles. The summed E-state index contributed by atoms with van der Waals surface area (Å²) in [5, 5.41) is 0. The van der Waals surface area contributed by atoms with E-state index in [4.69, 9.17) is 10.5 Å². The summed E-state index contributed by atoms with van der Waals surface area (Å²) >= 11 is 0. The van der Waals surface area contributed by atoms with Crippen LogP contribution in [0.1, 0.15) is 25.7 Å². The van der Waals surface area contributed by atoms with Crippen molar-refractivity contribution in [2.75, 3.05) is 18.9 Å². The number of nitrogens with two attached hydrogens (primary N) is 1. The molecule has 1 aliphatic carbocycles. The molecule has 1 aromatic rings. The van der Waals surface area contributed by atoms with Gasteiger partial charge in [0.15, 0.2) is 0 Å². The Balaban J connectivity index is 1.98. The third-order valence-corrected chi connectivity index (χ3v) is 6.26. The molecule has 2 atom stereocenters. The molecule has 1 saturated carbocycles. The highest BCUT2D eigenvalue weighted by atomic mass is 32.2. The molecule has 1 aromatic carbocycles. The van der Waals surface area contributed by atoms with Crippen molar-refractivity contribution in [1.82, 2.24) is 4.31 Å². The number of fused-ring (bicyclic) bond motifs is 1. The van der Waals surface area contributed by atoms with Gasteiger partial charge in [0.2, 0.25) is 10.0 Å². The minimum absolute atomic E-state index is 0.0583. The molecule has 3 rings (SSSR count). The van der Waals surface area contributed by atoms with Crippen molar-refractivity contribution in [2.45, 2.75) is 42.7 Å². The molecule has 1 aliphatic heterocycles. The molecule has 0 aromatic heterocycles. The van der Waals surface area contributed by atoms with Gasteiger partial charge in [0.25, 0.3) is 0 Å². The number of benzene rings is 1. The summed E-state index contributed by atoms with van der Waals surface area (Å²) in [6, 6.07) is 3.73. The summed E-state index contributed by atoms with van der Waals surface area (Å²) in [5.41, 5.74) is 5.32. The maximum absolute atomic E-state index is 13.6. The highest BCUT2D eigenvalue weighted by Gasteiger charge is 2.41. The molecule has 2 N–H and O–H groups in total. The molecule has 2 aliphatic rings. The fourth-order valence-electron chi connectivity index (χ4n) is 3.23. The molecule has 0 spiro atoms. The Morgan fingerprint density at radius 3 is 2.86 bits per heavy atom. The normalized spacial score (nSPS) is 27.3. The summed E-state index contributed by atoms with van der Waals surface area (Å²) in [6.07, 6.45) is 3.62. The average molecular weight is 314 g/mol. The van der Waals surface area contributed by atoms with Crippen molar-refractivity contribution in [3.8, 4) is 0 Å². The lowest BCUT2D eigenvalue weighted by Crippen LogP contribution is -2.54. The van der Waals surface area contributed by atoms with Crippen LogP contribution in [0.4, 0.5) is 10.1 Å². The minimum Gasteiger partial charge on any atom is -0.395 e. The second-order valence-electron chi connectivity index (χ2n) is 5.53. The zero-order chi connectivity index (χ0) is 15.0. The largest absolute Gasteiger partial charge is 0.395 e. The number of ether oxygens (including phenoxy) is 1. The molecule has 116 valence electrons. The van der Waals surface area contributed by atoms with E-state index in [1.165, 1.54) is 16.4 Å². The fourth-order valence-corrected chi connectivity index (χ4v) is 5.02. The third kappa shape index (κ3) is 2.54. The van der Waals surface area contributed by atoms with Crippen molar-refractivity contribution in [3.05, 3.63) is 24.0 Å². The monoisotopic (exact) mass is 314 g/mol. The molecule has 2 unspecified atom stereocenters. The number of nitrogens with zero attached hydrogens (tertiary/aromatic N) is 1. The molecule has 5 nitrogen and oxygen atoms in total. The standard InChI is InChI=1S/C14H19FN2O3S/c15-10-4-3-7-13(14(10)16)21(18,19)17-8-9-20-12-6-2-1-5-11(12)17/h3-4,7,11-12H,1-2,5-6,8-9,16H2. The van der Waals surface area contributed by atoms with E-state index in [1.807, 2.05) is 0 Å². The molecule has 2 fully saturated rings. The molecule has 1 saturated heterocycles. The summed E-state index contributed by atoms with van der Waals surface area (Å²) in [4.78, 5) is -0.145. The molecule has 7 heteroatoms. The van der Waals surface area contributed by atoms with Gasteiger partial charge in [0, 0.05) is 6.54 Å². The van der Waals surface area contributed by atoms with Gasteiger partial charge in [-0.1, -0.05) is 18.9 Å². The second kappa shape index (κ2) is 5.55. The van der Waals surface area contributed by atoms with Gasteiger partial charge in [-0.2, -0.15) is 4.31 Å². The number of morpholine rings is 1. The molecular formula is C14H19FN2O3S. The van der Waals surface area contributed by atoms with Crippen LogP contribution in [0.25, 0.3) is 0 Å². The van der Waals surface area contributed by atoms with Gasteiger partial charge >= 0.3 is 0 Å². The van der Waals surface area contributed by atoms with Crippen LogP contribution in [-0.4, -0.2) is 38.0 Å². The summed E-state index contributed by atoms with van der Waals surface area (Å²) < 4.78 is 46.4. The van der Waals surface area contributed by atoms with E-state index in [9.17, 15) is 12.8 Å². The highest BCUT2D eigenvalue weighted by molar-refractivity contribution is 7.89. The van der Waals surface area contributed by atoms with Crippen LogP contribution in [-0.2, 0) is 14.8 Å². The van der Waals surface area contributed by atoms with Gasteiger partial charge in [0.1, 0.15) is 10.7 Å². The molecule has 0 amide bonds. The quantitative estimate of drug-likeness (QED) is 0.844. The van der Waals surface area contributed by atoms with E-state index in [0.29, 0.717) is 13.2 Å². The van der Waals surface area contributed by atoms with E-state index in [2.05, 4.69) is 0 Å². The predicted octanol–water partition coefficient (Wildman–Crippen LogP) is 1.74. The Kier molecular flexibility index (Phi) is 3.90. The first-order valence-corrected chi connectivity index (χ1v) is 8.63. The van der Waals surface area contributed by atoms with Crippen LogP contribution in [0.5, 0.6) is 0 Å². The fraction of sp³-hybridized carbons (Fsp3) is 0.571. The van der Waals surface area contributed by atoms with Crippen molar-refractivity contribution in [3.63, 3.8) is 0 Å². The van der Waals surface area contributed by atoms with Gasteiger partial charge in [-0.15, -0.1) is 0 Å². The Morgan fingerprint density at radius 1 is 1.29 bits per heavy atom. The zero-order valence-electron chi connectivity index (χ0n) is 11.7. The molecule has 21 heavy (non-hydrogen) atoms. The zero-order valence-corrected chi connectivity index (χ0v) is 12.5. The Labute approximate surface area is 123 Å². The van der Waals surface area contributed by atoms with E-state index in [0.717, 1.165) is 31.7 Å². The number of rotatable bonds is 2. The number of hydrogen-bond donors (Lipinski definition) is 1. The summed E-state index contributed by atoms with van der Waals surface area (Å²) in [6.45, 7) is 0.662. The molecular weight excluding hydrogens is 295 g/mol. The van der Waals surface area contributed by atoms with E-state index in [-0.39, 0.29) is 22.7 Å². The maximum atomic E-state index is 13.6. The van der Waals surface area contributed by atoms with E-state index < -0.39 is 15.8 Å². The van der Waals surface area contributed by atoms with Gasteiger partial charge < -0.3 is 10.5 Å². The van der Waals surface area contributed by atoms with E-state index in [1.54, 1.807) is 0 Å². The van der Waals surface area contributed by atoms with Gasteiger partial charge in [-0.3, -0.25) is 0 Å². The van der Waals surface area contributed by atoms with Gasteiger partial charge in [0.05, 0.1) is 24.4 Å². The smallest absolute Gasteiger partial charge is 0.245 e. The first-order chi connectivity index (χ1) is 10.0. The summed E-state index contributed by atoms with van der Waals surface area (Å²) in [7, 11) is -3.80. The van der Waals surface area contributed by atoms with E-state index >= 15 is 0 Å². The highest BCUT2D eigenvalue weighted by Crippen LogP contribution is 2.34. The first kappa shape index (κ1) is 14.7. The van der Waals surface area contributed by atoms with Crippen LogP contribution in [0.3, 0.4) is 0 Å². The van der Waals surface area contributed by atoms with Crippen molar-refractivity contribution in [1.29, 1.82) is 0 Å². The average Bonchev–Trinajstić information content (AvgIpc) is 2.49. The van der Waals surface area contributed by atoms with Crippen LogP contribution >= 0.6 is 0 Å². The van der Waals surface area contributed by atoms with Crippen LogP contribution in [0.2, 0.25) is 0 Å². The van der Waals surface area contributed by atoms with Crippen molar-refractivity contribution in [2.24, 2.45) is 0 Å². The van der Waals surface area contributed by atoms with Crippen LogP contribution < -0.4 is 5.73 Å². The first-order valence-electron chi connectivity index (χ1n) is 7.19. The van der Waals surface area contributed by atoms with Gasteiger partial charge in [-0.25, -0.2) is 12.8 Å². The number of sulfonamides is 1. The van der Waals surface area contributed by atoms with Crippen LogP contribution in [0, 0.1) is 5.82 Å². The lowest BCUT2D eigenvalue weighted by Gasteiger charge is -2.42. The Morgan fingerprint density at radius 2 is 2.05 bits per heavy atom. The number of hydrogen-bond acceptors (Lipinski definition) is 4. The molecule has 0 radical (unpaired) electrons. The number of halogens is 1. The van der Waals surface area contributed by atoms with Crippen molar-refractivity contribution < 1.29 is 17.5 Å². The predicted molar refractivity (Wildman–Crippen MR) is 76.7 cm³/mol. The SMILES string of the molecule is Nc1c(F)cccc1S(=O)(=O)N1CCOC2CCCCC21. The summed E-state index contributed by atoms with van der Waals surface area (Å²) in [5.74, 6) is -0.704. The Bertz CT molecular complexity index is 633. The number of nitrogen functional groups attached to an aromatic ring is 1. The maximum Gasteiger partial charge on any atom is 0.245 e. The van der Waals surface area contributed by atoms with Crippen LogP contribution in [0.15, 0.2) is 23.1 Å². The number of anilines is 1. The topological polar surface area (TPSA) is 72.6 Å². The lowest BCUT2D eigenvalue weighted by atomic mass is 9.91. The van der Waals surface area contributed by atoms with Gasteiger partial charge in [-0.05, 0) is 25.0 Å². The van der Waals surface area contributed by atoms with Crippen molar-refractivity contribution >= 4 is 15.7 Å². The molecule has 0 bridgehead atoms.